The van der Waals surface area contributed by atoms with Gasteiger partial charge in [0.15, 0.2) is 0 Å². The molecule has 0 aliphatic rings. The van der Waals surface area contributed by atoms with Gasteiger partial charge in [-0.25, -0.2) is 0 Å². The molecule has 1 aromatic rings. The summed E-state index contributed by atoms with van der Waals surface area (Å²) in [5.41, 5.74) is 0.901. The van der Waals surface area contributed by atoms with Gasteiger partial charge in [-0.2, -0.15) is 0 Å². The minimum absolute atomic E-state index is 0.127. The summed E-state index contributed by atoms with van der Waals surface area (Å²) in [5.74, 6) is 0. The Morgan fingerprint density at radius 3 is 2.17 bits per heavy atom. The summed E-state index contributed by atoms with van der Waals surface area (Å²) in [6.07, 6.45) is 3.76. The molecule has 18 heavy (non-hydrogen) atoms. The first-order valence-electron chi connectivity index (χ1n) is 6.27. The van der Waals surface area contributed by atoms with Crippen molar-refractivity contribution in [3.63, 3.8) is 0 Å². The second-order valence-corrected chi connectivity index (χ2v) is 4.86. The van der Waals surface area contributed by atoms with Crippen molar-refractivity contribution in [3.8, 4) is 0 Å². The molecule has 1 unspecified atom stereocenters. The van der Waals surface area contributed by atoms with E-state index in [2.05, 4.69) is 37.1 Å². The van der Waals surface area contributed by atoms with Crippen LogP contribution >= 0.6 is 0 Å². The van der Waals surface area contributed by atoms with E-state index in [9.17, 15) is 5.11 Å². The fourth-order valence-electron chi connectivity index (χ4n) is 2.14. The van der Waals surface area contributed by atoms with Crippen molar-refractivity contribution in [1.29, 1.82) is 0 Å². The summed E-state index contributed by atoms with van der Waals surface area (Å²) >= 11 is 0. The molecule has 1 aromatic carbocycles. The quantitative estimate of drug-likeness (QED) is 0.712. The van der Waals surface area contributed by atoms with Crippen molar-refractivity contribution in [3.05, 3.63) is 61.2 Å². The summed E-state index contributed by atoms with van der Waals surface area (Å²) in [6, 6.07) is 10.1. The second-order valence-electron chi connectivity index (χ2n) is 4.86. The number of aliphatic hydroxyl groups excluding tert-OH is 1. The predicted octanol–water partition coefficient (Wildman–Crippen LogP) is 2.61. The summed E-state index contributed by atoms with van der Waals surface area (Å²) in [6.45, 7) is 12.1. The largest absolute Gasteiger partial charge is 0.395 e. The average molecular weight is 245 g/mol. The van der Waals surface area contributed by atoms with E-state index in [-0.39, 0.29) is 12.0 Å². The highest BCUT2D eigenvalue weighted by molar-refractivity contribution is 5.25. The second kappa shape index (κ2) is 7.14. The van der Waals surface area contributed by atoms with Gasteiger partial charge in [-0.3, -0.25) is 4.90 Å². The number of aliphatic hydroxyl groups is 1. The van der Waals surface area contributed by atoms with Crippen LogP contribution in [0.3, 0.4) is 0 Å². The van der Waals surface area contributed by atoms with Gasteiger partial charge in [0.05, 0.1) is 6.61 Å². The number of hydrogen-bond acceptors (Lipinski definition) is 2. The Morgan fingerprint density at radius 2 is 1.72 bits per heavy atom. The molecule has 0 aliphatic heterocycles. The SMILES string of the molecule is C=CCN(CC=C)CC(C)(CO)c1ccccc1. The van der Waals surface area contributed by atoms with Gasteiger partial charge in [-0.15, -0.1) is 13.2 Å². The molecule has 0 spiro atoms. The van der Waals surface area contributed by atoms with Crippen LogP contribution in [0.25, 0.3) is 0 Å². The Kier molecular flexibility index (Phi) is 5.83. The molecule has 0 saturated carbocycles. The maximum Gasteiger partial charge on any atom is 0.0537 e. The molecule has 0 fully saturated rings. The third-order valence-corrected chi connectivity index (χ3v) is 3.17. The van der Waals surface area contributed by atoms with Crippen LogP contribution in [-0.4, -0.2) is 36.2 Å². The lowest BCUT2D eigenvalue weighted by Gasteiger charge is -2.33. The predicted molar refractivity (Wildman–Crippen MR) is 77.7 cm³/mol. The normalized spacial score (nSPS) is 14.2. The van der Waals surface area contributed by atoms with E-state index in [1.54, 1.807) is 0 Å². The van der Waals surface area contributed by atoms with Crippen LogP contribution in [0.1, 0.15) is 12.5 Å². The molecule has 1 atom stereocenters. The highest BCUT2D eigenvalue weighted by Gasteiger charge is 2.27. The van der Waals surface area contributed by atoms with Crippen LogP contribution in [0.15, 0.2) is 55.6 Å². The fraction of sp³-hybridized carbons (Fsp3) is 0.375. The van der Waals surface area contributed by atoms with Crippen molar-refractivity contribution < 1.29 is 5.11 Å². The molecule has 0 heterocycles. The monoisotopic (exact) mass is 245 g/mol. The molecule has 2 nitrogen and oxygen atoms in total. The van der Waals surface area contributed by atoms with Gasteiger partial charge < -0.3 is 5.11 Å². The molecule has 1 rings (SSSR count). The van der Waals surface area contributed by atoms with Gasteiger partial charge in [-0.05, 0) is 5.56 Å². The molecule has 0 bridgehead atoms. The lowest BCUT2D eigenvalue weighted by molar-refractivity contribution is 0.158. The van der Waals surface area contributed by atoms with Crippen LogP contribution in [0.4, 0.5) is 0 Å². The van der Waals surface area contributed by atoms with E-state index < -0.39 is 0 Å². The smallest absolute Gasteiger partial charge is 0.0537 e. The molecule has 0 amide bonds. The highest BCUT2D eigenvalue weighted by Crippen LogP contribution is 2.24. The van der Waals surface area contributed by atoms with Gasteiger partial charge in [0.1, 0.15) is 0 Å². The minimum Gasteiger partial charge on any atom is -0.395 e. The zero-order valence-electron chi connectivity index (χ0n) is 11.2. The summed E-state index contributed by atoms with van der Waals surface area (Å²) in [7, 11) is 0. The van der Waals surface area contributed by atoms with Gasteiger partial charge >= 0.3 is 0 Å². The molecule has 1 N–H and O–H groups in total. The standard InChI is InChI=1S/C16H23NO/c1-4-11-17(12-5-2)13-16(3,14-18)15-9-7-6-8-10-15/h4-10,18H,1-2,11-14H2,3H3. The number of benzene rings is 1. The first kappa shape index (κ1) is 14.7. The fourth-order valence-corrected chi connectivity index (χ4v) is 2.14. The van der Waals surface area contributed by atoms with E-state index in [1.165, 1.54) is 0 Å². The Bertz CT molecular complexity index is 364. The first-order chi connectivity index (χ1) is 8.66. The van der Waals surface area contributed by atoms with Crippen LogP contribution in [-0.2, 0) is 5.41 Å². The van der Waals surface area contributed by atoms with Crippen LogP contribution in [0, 0.1) is 0 Å². The zero-order chi connectivity index (χ0) is 13.4. The highest BCUT2D eigenvalue weighted by atomic mass is 16.3. The summed E-state index contributed by atoms with van der Waals surface area (Å²) < 4.78 is 0. The minimum atomic E-state index is -0.257. The Balaban J connectivity index is 2.86. The van der Waals surface area contributed by atoms with E-state index in [4.69, 9.17) is 0 Å². The number of rotatable bonds is 8. The maximum absolute atomic E-state index is 9.75. The van der Waals surface area contributed by atoms with Gasteiger partial charge in [0, 0.05) is 25.0 Å². The van der Waals surface area contributed by atoms with Crippen LogP contribution in [0.5, 0.6) is 0 Å². The van der Waals surface area contributed by atoms with E-state index in [0.717, 1.165) is 25.2 Å². The third-order valence-electron chi connectivity index (χ3n) is 3.17. The Labute approximate surface area is 110 Å². The van der Waals surface area contributed by atoms with Crippen molar-refractivity contribution >= 4 is 0 Å². The van der Waals surface area contributed by atoms with Gasteiger partial charge in [-0.1, -0.05) is 49.4 Å². The van der Waals surface area contributed by atoms with Crippen molar-refractivity contribution in [1.82, 2.24) is 4.90 Å². The van der Waals surface area contributed by atoms with E-state index in [1.807, 2.05) is 30.4 Å². The Morgan fingerprint density at radius 1 is 1.17 bits per heavy atom. The van der Waals surface area contributed by atoms with Gasteiger partial charge in [0.25, 0.3) is 0 Å². The molecule has 0 aromatic heterocycles. The average Bonchev–Trinajstić information content (AvgIpc) is 2.40. The lowest BCUT2D eigenvalue weighted by atomic mass is 9.82. The van der Waals surface area contributed by atoms with E-state index in [0.29, 0.717) is 0 Å². The van der Waals surface area contributed by atoms with E-state index >= 15 is 0 Å². The maximum atomic E-state index is 9.75. The van der Waals surface area contributed by atoms with Crippen molar-refractivity contribution in [2.24, 2.45) is 0 Å². The molecule has 0 saturated heterocycles. The van der Waals surface area contributed by atoms with Crippen LogP contribution < -0.4 is 0 Å². The third kappa shape index (κ3) is 3.83. The molecule has 2 heteroatoms. The van der Waals surface area contributed by atoms with Gasteiger partial charge in [0.2, 0.25) is 0 Å². The van der Waals surface area contributed by atoms with Crippen molar-refractivity contribution in [2.75, 3.05) is 26.2 Å². The molecule has 0 aliphatic carbocycles. The van der Waals surface area contributed by atoms with Crippen molar-refractivity contribution in [2.45, 2.75) is 12.3 Å². The van der Waals surface area contributed by atoms with Crippen LogP contribution in [0.2, 0.25) is 0 Å². The summed E-state index contributed by atoms with van der Waals surface area (Å²) in [5, 5.41) is 9.75. The summed E-state index contributed by atoms with van der Waals surface area (Å²) in [4.78, 5) is 2.23. The number of nitrogens with zero attached hydrogens (tertiary/aromatic N) is 1. The molecule has 98 valence electrons. The zero-order valence-corrected chi connectivity index (χ0v) is 11.2. The molecular formula is C16H23NO. The number of hydrogen-bond donors (Lipinski definition) is 1. The molecular weight excluding hydrogens is 222 g/mol. The molecule has 0 radical (unpaired) electrons. The Hall–Kier alpha value is -1.38. The topological polar surface area (TPSA) is 23.5 Å². The first-order valence-corrected chi connectivity index (χ1v) is 6.27. The lowest BCUT2D eigenvalue weighted by Crippen LogP contribution is -2.41.